The van der Waals surface area contributed by atoms with Crippen LogP contribution in [0.4, 0.5) is 0 Å². The minimum Gasteiger partial charge on any atom is -0.482 e. The average Bonchev–Trinajstić information content (AvgIpc) is 3.54. The summed E-state index contributed by atoms with van der Waals surface area (Å²) in [6.07, 6.45) is 0.914. The highest BCUT2D eigenvalue weighted by molar-refractivity contribution is 6.35. The van der Waals surface area contributed by atoms with Gasteiger partial charge < -0.3 is 14.5 Å². The van der Waals surface area contributed by atoms with Crippen molar-refractivity contribution in [3.05, 3.63) is 64.1 Å². The third kappa shape index (κ3) is 4.68. The van der Waals surface area contributed by atoms with E-state index in [0.717, 1.165) is 6.42 Å². The Balaban J connectivity index is 1.24. The Bertz CT molecular complexity index is 898. The van der Waals surface area contributed by atoms with Crippen LogP contribution in [-0.2, 0) is 9.59 Å². The Kier molecular flexibility index (Phi) is 5.97. The van der Waals surface area contributed by atoms with Crippen LogP contribution in [0.1, 0.15) is 17.9 Å². The van der Waals surface area contributed by atoms with Gasteiger partial charge in [0.05, 0.1) is 5.02 Å². The SMILES string of the molecule is O=C(COc1ccc(Cl)cc1Cl)N1CCN(C(=O)[C@@H]2C[C@H]2c2ccccc2)CC1. The number of amides is 2. The maximum atomic E-state index is 12.8. The molecule has 7 heteroatoms. The Labute approximate surface area is 180 Å². The summed E-state index contributed by atoms with van der Waals surface area (Å²) in [5.74, 6) is 0.932. The minimum absolute atomic E-state index is 0.0787. The zero-order valence-electron chi connectivity index (χ0n) is 15.9. The summed E-state index contributed by atoms with van der Waals surface area (Å²) >= 11 is 11.9. The molecule has 152 valence electrons. The topological polar surface area (TPSA) is 49.9 Å². The molecule has 1 heterocycles. The average molecular weight is 433 g/mol. The molecule has 0 N–H and O–H groups in total. The number of nitrogens with zero attached hydrogens (tertiary/aromatic N) is 2. The number of carbonyl (C=O) groups excluding carboxylic acids is 2. The molecule has 1 saturated carbocycles. The van der Waals surface area contributed by atoms with Gasteiger partial charge in [0.1, 0.15) is 5.75 Å². The number of benzene rings is 2. The monoisotopic (exact) mass is 432 g/mol. The normalized spacial score (nSPS) is 21.0. The number of carbonyl (C=O) groups is 2. The fourth-order valence-electron chi connectivity index (χ4n) is 3.77. The molecule has 1 aliphatic heterocycles. The zero-order valence-corrected chi connectivity index (χ0v) is 17.4. The second-order valence-electron chi connectivity index (χ2n) is 7.43. The fourth-order valence-corrected chi connectivity index (χ4v) is 4.23. The summed E-state index contributed by atoms with van der Waals surface area (Å²) in [6.45, 7) is 2.07. The molecular formula is C22H22Cl2N2O3. The lowest BCUT2D eigenvalue weighted by atomic mass is 10.1. The molecule has 29 heavy (non-hydrogen) atoms. The summed E-state index contributed by atoms with van der Waals surface area (Å²) in [6, 6.07) is 15.1. The largest absolute Gasteiger partial charge is 0.482 e. The fraction of sp³-hybridized carbons (Fsp3) is 0.364. The van der Waals surface area contributed by atoms with Crippen molar-refractivity contribution in [2.24, 2.45) is 5.92 Å². The Hall–Kier alpha value is -2.24. The molecule has 0 spiro atoms. The van der Waals surface area contributed by atoms with Crippen LogP contribution < -0.4 is 4.74 Å². The van der Waals surface area contributed by atoms with Gasteiger partial charge in [0.2, 0.25) is 5.91 Å². The van der Waals surface area contributed by atoms with E-state index in [1.165, 1.54) is 5.56 Å². The van der Waals surface area contributed by atoms with Gasteiger partial charge in [-0.15, -0.1) is 0 Å². The highest BCUT2D eigenvalue weighted by Crippen LogP contribution is 2.48. The van der Waals surface area contributed by atoms with Crippen LogP contribution >= 0.6 is 23.2 Å². The number of hydrogen-bond acceptors (Lipinski definition) is 3. The molecular weight excluding hydrogens is 411 g/mol. The molecule has 2 aliphatic rings. The molecule has 2 atom stereocenters. The first-order valence-corrected chi connectivity index (χ1v) is 10.5. The lowest BCUT2D eigenvalue weighted by Crippen LogP contribution is -2.52. The van der Waals surface area contributed by atoms with Crippen molar-refractivity contribution in [2.75, 3.05) is 32.8 Å². The molecule has 4 rings (SSSR count). The lowest BCUT2D eigenvalue weighted by Gasteiger charge is -2.35. The van der Waals surface area contributed by atoms with E-state index >= 15 is 0 Å². The smallest absolute Gasteiger partial charge is 0.260 e. The van der Waals surface area contributed by atoms with Crippen molar-refractivity contribution >= 4 is 35.0 Å². The standard InChI is InChI=1S/C22H22Cl2N2O3/c23-16-6-7-20(19(24)12-16)29-14-21(27)25-8-10-26(11-9-25)22(28)18-13-17(18)15-4-2-1-3-5-15/h1-7,12,17-18H,8-11,13-14H2/t17-,18+/m0/s1. The van der Waals surface area contributed by atoms with E-state index in [1.807, 2.05) is 23.1 Å². The van der Waals surface area contributed by atoms with Crippen molar-refractivity contribution < 1.29 is 14.3 Å². The first-order chi connectivity index (χ1) is 14.0. The molecule has 0 radical (unpaired) electrons. The lowest BCUT2D eigenvalue weighted by molar-refractivity contribution is -0.141. The van der Waals surface area contributed by atoms with Gasteiger partial charge in [-0.05, 0) is 36.1 Å². The van der Waals surface area contributed by atoms with Crippen molar-refractivity contribution in [3.63, 3.8) is 0 Å². The molecule has 2 fully saturated rings. The quantitative estimate of drug-likeness (QED) is 0.720. The summed E-state index contributed by atoms with van der Waals surface area (Å²) in [7, 11) is 0. The van der Waals surface area contributed by atoms with E-state index in [1.54, 1.807) is 23.1 Å². The second kappa shape index (κ2) is 8.64. The maximum Gasteiger partial charge on any atom is 0.260 e. The van der Waals surface area contributed by atoms with Crippen LogP contribution in [0.15, 0.2) is 48.5 Å². The highest BCUT2D eigenvalue weighted by Gasteiger charge is 2.46. The maximum absolute atomic E-state index is 12.8. The van der Waals surface area contributed by atoms with Crippen LogP contribution in [0.5, 0.6) is 5.75 Å². The van der Waals surface area contributed by atoms with E-state index in [-0.39, 0.29) is 24.3 Å². The number of ether oxygens (including phenoxy) is 1. The Morgan fingerprint density at radius 3 is 2.34 bits per heavy atom. The predicted molar refractivity (Wildman–Crippen MR) is 112 cm³/mol. The van der Waals surface area contributed by atoms with Crippen molar-refractivity contribution in [1.29, 1.82) is 0 Å². The van der Waals surface area contributed by atoms with Crippen molar-refractivity contribution in [2.45, 2.75) is 12.3 Å². The molecule has 0 aromatic heterocycles. The van der Waals surface area contributed by atoms with Gasteiger partial charge in [-0.3, -0.25) is 9.59 Å². The first-order valence-electron chi connectivity index (χ1n) is 9.72. The van der Waals surface area contributed by atoms with Crippen LogP contribution in [-0.4, -0.2) is 54.4 Å². The van der Waals surface area contributed by atoms with Crippen molar-refractivity contribution in [3.8, 4) is 5.75 Å². The predicted octanol–water partition coefficient (Wildman–Crippen LogP) is 3.85. The third-order valence-electron chi connectivity index (χ3n) is 5.52. The van der Waals surface area contributed by atoms with Gasteiger partial charge >= 0.3 is 0 Å². The molecule has 2 amide bonds. The third-order valence-corrected chi connectivity index (χ3v) is 6.05. The van der Waals surface area contributed by atoms with Gasteiger partial charge in [-0.25, -0.2) is 0 Å². The van der Waals surface area contributed by atoms with Crippen LogP contribution in [0, 0.1) is 5.92 Å². The van der Waals surface area contributed by atoms with Crippen molar-refractivity contribution in [1.82, 2.24) is 9.80 Å². The van der Waals surface area contributed by atoms with Gasteiger partial charge in [-0.2, -0.15) is 0 Å². The van der Waals surface area contributed by atoms with Gasteiger partial charge in [0.25, 0.3) is 5.91 Å². The van der Waals surface area contributed by atoms with Crippen LogP contribution in [0.2, 0.25) is 10.0 Å². The van der Waals surface area contributed by atoms with Gasteiger partial charge in [0.15, 0.2) is 6.61 Å². The van der Waals surface area contributed by atoms with E-state index in [9.17, 15) is 9.59 Å². The van der Waals surface area contributed by atoms with E-state index in [2.05, 4.69) is 12.1 Å². The van der Waals surface area contributed by atoms with E-state index in [0.29, 0.717) is 47.9 Å². The van der Waals surface area contributed by atoms with Gasteiger partial charge in [0, 0.05) is 37.1 Å². The summed E-state index contributed by atoms with van der Waals surface area (Å²) in [4.78, 5) is 28.8. The number of halogens is 2. The number of hydrogen-bond donors (Lipinski definition) is 0. The molecule has 1 aliphatic carbocycles. The van der Waals surface area contributed by atoms with Crippen LogP contribution in [0.25, 0.3) is 0 Å². The molecule has 0 bridgehead atoms. The molecule has 2 aromatic rings. The summed E-state index contributed by atoms with van der Waals surface area (Å²) < 4.78 is 5.53. The second-order valence-corrected chi connectivity index (χ2v) is 8.27. The molecule has 2 aromatic carbocycles. The molecule has 5 nitrogen and oxygen atoms in total. The first kappa shape index (κ1) is 20.0. The molecule has 0 unspecified atom stereocenters. The minimum atomic E-state index is -0.114. The Morgan fingerprint density at radius 1 is 0.966 bits per heavy atom. The number of piperazine rings is 1. The summed E-state index contributed by atoms with van der Waals surface area (Å²) in [5.41, 5.74) is 1.23. The van der Waals surface area contributed by atoms with Crippen LogP contribution in [0.3, 0.4) is 0 Å². The van der Waals surface area contributed by atoms with E-state index < -0.39 is 0 Å². The van der Waals surface area contributed by atoms with Gasteiger partial charge in [-0.1, -0.05) is 53.5 Å². The zero-order chi connectivity index (χ0) is 20.4. The molecule has 1 saturated heterocycles. The summed E-state index contributed by atoms with van der Waals surface area (Å²) in [5, 5.41) is 0.887. The Morgan fingerprint density at radius 2 is 1.66 bits per heavy atom. The highest BCUT2D eigenvalue weighted by atomic mass is 35.5. The number of rotatable bonds is 5. The van der Waals surface area contributed by atoms with E-state index in [4.69, 9.17) is 27.9 Å².